The molecular weight excluding hydrogens is 218 g/mol. The van der Waals surface area contributed by atoms with Crippen LogP contribution >= 0.6 is 0 Å². The molecule has 1 aliphatic rings. The number of hydrogen-bond donors (Lipinski definition) is 0. The van der Waals surface area contributed by atoms with E-state index in [1.165, 1.54) is 16.8 Å². The lowest BCUT2D eigenvalue weighted by molar-refractivity contribution is 0.522. The zero-order chi connectivity index (χ0) is 13.1. The van der Waals surface area contributed by atoms with Crippen molar-refractivity contribution in [1.82, 2.24) is 4.90 Å². The molecule has 0 aliphatic carbocycles. The van der Waals surface area contributed by atoms with Gasteiger partial charge in [-0.05, 0) is 43.2 Å². The maximum atomic E-state index is 5.37. The van der Waals surface area contributed by atoms with Crippen LogP contribution in [0.1, 0.15) is 25.0 Å². The van der Waals surface area contributed by atoms with Gasteiger partial charge in [-0.2, -0.15) is 0 Å². The largest absolute Gasteiger partial charge is 0.342 e. The molecule has 0 atom stereocenters. The Hall–Kier alpha value is -2.20. The van der Waals surface area contributed by atoms with Crippen molar-refractivity contribution in [3.05, 3.63) is 65.4 Å². The summed E-state index contributed by atoms with van der Waals surface area (Å²) in [5.41, 5.74) is 5.53. The van der Waals surface area contributed by atoms with Crippen LogP contribution < -0.4 is 0 Å². The van der Waals surface area contributed by atoms with E-state index in [1.807, 2.05) is 12.1 Å². The summed E-state index contributed by atoms with van der Waals surface area (Å²) in [6, 6.07) is 8.06. The van der Waals surface area contributed by atoms with E-state index >= 15 is 0 Å². The molecule has 0 N–H and O–H groups in total. The van der Waals surface area contributed by atoms with Gasteiger partial charge >= 0.3 is 0 Å². The van der Waals surface area contributed by atoms with E-state index in [4.69, 9.17) is 6.42 Å². The number of nitrogens with zero attached hydrogens (tertiary/aromatic N) is 1. The van der Waals surface area contributed by atoms with Gasteiger partial charge in [0.1, 0.15) is 0 Å². The van der Waals surface area contributed by atoms with Crippen LogP contribution in [0.3, 0.4) is 0 Å². The van der Waals surface area contributed by atoms with Crippen LogP contribution in [0.25, 0.3) is 5.70 Å². The predicted molar refractivity (Wildman–Crippen MR) is 77.6 cm³/mol. The minimum absolute atomic E-state index is 0.906. The number of benzene rings is 1. The van der Waals surface area contributed by atoms with Gasteiger partial charge in [0, 0.05) is 23.5 Å². The van der Waals surface area contributed by atoms with Crippen molar-refractivity contribution in [2.24, 2.45) is 0 Å². The van der Waals surface area contributed by atoms with Gasteiger partial charge in [0.05, 0.1) is 0 Å². The van der Waals surface area contributed by atoms with Crippen LogP contribution in [0.4, 0.5) is 0 Å². The van der Waals surface area contributed by atoms with Crippen molar-refractivity contribution in [2.75, 3.05) is 6.54 Å². The minimum atomic E-state index is 0.906. The van der Waals surface area contributed by atoms with Crippen LogP contribution in [0.15, 0.2) is 54.3 Å². The van der Waals surface area contributed by atoms with Crippen LogP contribution in [-0.2, 0) is 0 Å². The summed E-state index contributed by atoms with van der Waals surface area (Å²) in [5.74, 6) is 2.64. The second kappa shape index (κ2) is 4.98. The molecule has 90 valence electrons. The number of rotatable bonds is 2. The first kappa shape index (κ1) is 12.3. The second-order valence-electron chi connectivity index (χ2n) is 4.31. The van der Waals surface area contributed by atoms with Crippen molar-refractivity contribution in [2.45, 2.75) is 13.8 Å². The number of hydrogen-bond acceptors (Lipinski definition) is 1. The van der Waals surface area contributed by atoms with Gasteiger partial charge in [-0.15, -0.1) is 6.42 Å². The second-order valence-corrected chi connectivity index (χ2v) is 4.31. The lowest BCUT2D eigenvalue weighted by atomic mass is 10.0. The maximum absolute atomic E-state index is 5.37. The fourth-order valence-corrected chi connectivity index (χ4v) is 2.10. The lowest BCUT2D eigenvalue weighted by Crippen LogP contribution is -2.23. The van der Waals surface area contributed by atoms with Gasteiger partial charge in [0.25, 0.3) is 0 Å². The van der Waals surface area contributed by atoms with Crippen molar-refractivity contribution >= 4 is 5.70 Å². The Labute approximate surface area is 109 Å². The summed E-state index contributed by atoms with van der Waals surface area (Å²) < 4.78 is 0. The molecular formula is C17H17N. The van der Waals surface area contributed by atoms with E-state index in [0.717, 1.165) is 17.8 Å². The van der Waals surface area contributed by atoms with Crippen molar-refractivity contribution in [1.29, 1.82) is 0 Å². The SMILES string of the molecule is C#Cc1ccc(C2=CC=C(C)C(=C)N2CC)cc1. The van der Waals surface area contributed by atoms with E-state index in [9.17, 15) is 0 Å². The number of likely N-dealkylation sites (N-methyl/N-ethyl adjacent to an activating group) is 1. The van der Waals surface area contributed by atoms with Crippen LogP contribution in [-0.4, -0.2) is 11.4 Å². The normalized spacial score (nSPS) is 14.9. The Morgan fingerprint density at radius 3 is 2.44 bits per heavy atom. The molecule has 1 heteroatoms. The van der Waals surface area contributed by atoms with Gasteiger partial charge in [-0.3, -0.25) is 0 Å². The molecule has 2 rings (SSSR count). The smallest absolute Gasteiger partial charge is 0.0484 e. The van der Waals surface area contributed by atoms with Gasteiger partial charge in [-0.25, -0.2) is 0 Å². The standard InChI is InChI=1S/C17H17N/c1-5-15-8-10-16(11-9-15)17-12-7-13(3)14(4)18(17)6-2/h1,7-12H,4,6H2,2-3H3. The first-order valence-electron chi connectivity index (χ1n) is 6.09. The molecule has 1 nitrogen and oxygen atoms in total. The molecule has 0 unspecified atom stereocenters. The maximum Gasteiger partial charge on any atom is 0.0484 e. The van der Waals surface area contributed by atoms with Crippen molar-refractivity contribution < 1.29 is 0 Å². The Kier molecular flexibility index (Phi) is 3.39. The van der Waals surface area contributed by atoms with Gasteiger partial charge in [0.15, 0.2) is 0 Å². The fourth-order valence-electron chi connectivity index (χ4n) is 2.10. The molecule has 0 fully saturated rings. The average Bonchev–Trinajstić information content (AvgIpc) is 2.42. The van der Waals surface area contributed by atoms with Crippen LogP contribution in [0, 0.1) is 12.3 Å². The van der Waals surface area contributed by atoms with E-state index in [-0.39, 0.29) is 0 Å². The molecule has 0 bridgehead atoms. The lowest BCUT2D eigenvalue weighted by Gasteiger charge is -2.31. The summed E-state index contributed by atoms with van der Waals surface area (Å²) in [7, 11) is 0. The summed E-state index contributed by atoms with van der Waals surface area (Å²) in [6.45, 7) is 9.27. The van der Waals surface area contributed by atoms with E-state index in [2.05, 4.69) is 55.5 Å². The van der Waals surface area contributed by atoms with E-state index < -0.39 is 0 Å². The molecule has 0 aromatic heterocycles. The van der Waals surface area contributed by atoms with Gasteiger partial charge in [0.2, 0.25) is 0 Å². The third kappa shape index (κ3) is 2.10. The summed E-state index contributed by atoms with van der Waals surface area (Å²) >= 11 is 0. The number of allylic oxidation sites excluding steroid dienone is 3. The fraction of sp³-hybridized carbons (Fsp3) is 0.176. The van der Waals surface area contributed by atoms with Gasteiger partial charge in [-0.1, -0.05) is 30.7 Å². The van der Waals surface area contributed by atoms with E-state index in [1.54, 1.807) is 0 Å². The van der Waals surface area contributed by atoms with E-state index in [0.29, 0.717) is 0 Å². The monoisotopic (exact) mass is 235 g/mol. The summed E-state index contributed by atoms with van der Waals surface area (Å²) in [4.78, 5) is 2.22. The molecule has 0 radical (unpaired) electrons. The quantitative estimate of drug-likeness (QED) is 0.705. The average molecular weight is 235 g/mol. The Morgan fingerprint density at radius 1 is 1.22 bits per heavy atom. The highest BCUT2D eigenvalue weighted by Gasteiger charge is 2.16. The first-order chi connectivity index (χ1) is 8.67. The van der Waals surface area contributed by atoms with Crippen LogP contribution in [0.2, 0.25) is 0 Å². The Balaban J connectivity index is 2.42. The molecule has 18 heavy (non-hydrogen) atoms. The molecule has 1 aromatic rings. The highest BCUT2D eigenvalue weighted by atomic mass is 15.1. The summed E-state index contributed by atoms with van der Waals surface area (Å²) in [5, 5.41) is 0. The first-order valence-corrected chi connectivity index (χ1v) is 6.09. The Morgan fingerprint density at radius 2 is 1.89 bits per heavy atom. The molecule has 0 saturated heterocycles. The minimum Gasteiger partial charge on any atom is -0.342 e. The number of terminal acetylenes is 1. The molecule has 0 saturated carbocycles. The topological polar surface area (TPSA) is 3.24 Å². The summed E-state index contributed by atoms with van der Waals surface area (Å²) in [6.07, 6.45) is 9.62. The highest BCUT2D eigenvalue weighted by molar-refractivity contribution is 5.71. The zero-order valence-corrected chi connectivity index (χ0v) is 10.9. The molecule has 1 aliphatic heterocycles. The highest BCUT2D eigenvalue weighted by Crippen LogP contribution is 2.30. The third-order valence-electron chi connectivity index (χ3n) is 3.23. The molecule has 0 spiro atoms. The molecule has 1 aromatic carbocycles. The molecule has 1 heterocycles. The molecule has 0 amide bonds. The van der Waals surface area contributed by atoms with Crippen molar-refractivity contribution in [3.63, 3.8) is 0 Å². The zero-order valence-electron chi connectivity index (χ0n) is 10.9. The van der Waals surface area contributed by atoms with Crippen LogP contribution in [0.5, 0.6) is 0 Å². The predicted octanol–water partition coefficient (Wildman–Crippen LogP) is 3.80. The Bertz CT molecular complexity index is 565. The van der Waals surface area contributed by atoms with Gasteiger partial charge < -0.3 is 4.90 Å². The third-order valence-corrected chi connectivity index (χ3v) is 3.23. The van der Waals surface area contributed by atoms with Crippen molar-refractivity contribution in [3.8, 4) is 12.3 Å².